The molecule has 13 heavy (non-hydrogen) atoms. The standard InChI is InChI=1S/C11H12IN/c1-4-10-7(2)9(6-13)5-11(12)8(10)3/h1,5H,6,13H2,2-3H3. The van der Waals surface area contributed by atoms with Crippen molar-refractivity contribution in [2.24, 2.45) is 5.73 Å². The minimum atomic E-state index is 0.552. The van der Waals surface area contributed by atoms with Gasteiger partial charge in [0.25, 0.3) is 0 Å². The van der Waals surface area contributed by atoms with Crippen molar-refractivity contribution in [1.82, 2.24) is 0 Å². The van der Waals surface area contributed by atoms with Gasteiger partial charge in [-0.2, -0.15) is 0 Å². The second-order valence-electron chi connectivity index (χ2n) is 2.99. The van der Waals surface area contributed by atoms with E-state index in [9.17, 15) is 0 Å². The van der Waals surface area contributed by atoms with Gasteiger partial charge in [-0.1, -0.05) is 5.92 Å². The van der Waals surface area contributed by atoms with Crippen LogP contribution in [0.15, 0.2) is 6.07 Å². The fourth-order valence-electron chi connectivity index (χ4n) is 1.36. The predicted molar refractivity (Wildman–Crippen MR) is 64.5 cm³/mol. The molecule has 0 saturated heterocycles. The van der Waals surface area contributed by atoms with Crippen LogP contribution in [-0.2, 0) is 6.54 Å². The van der Waals surface area contributed by atoms with Crippen molar-refractivity contribution < 1.29 is 0 Å². The summed E-state index contributed by atoms with van der Waals surface area (Å²) in [7, 11) is 0. The molecule has 0 aromatic heterocycles. The Kier molecular flexibility index (Phi) is 3.34. The Balaban J connectivity index is 3.50. The number of terminal acetylenes is 1. The van der Waals surface area contributed by atoms with E-state index in [2.05, 4.69) is 34.6 Å². The van der Waals surface area contributed by atoms with E-state index in [1.807, 2.05) is 13.8 Å². The maximum absolute atomic E-state index is 5.62. The third-order valence-corrected chi connectivity index (χ3v) is 3.38. The normalized spacial score (nSPS) is 9.77. The second-order valence-corrected chi connectivity index (χ2v) is 4.15. The zero-order chi connectivity index (χ0) is 10.0. The second kappa shape index (κ2) is 4.12. The molecule has 0 aliphatic rings. The van der Waals surface area contributed by atoms with Crippen LogP contribution in [0.4, 0.5) is 0 Å². The van der Waals surface area contributed by atoms with E-state index in [0.29, 0.717) is 6.54 Å². The van der Waals surface area contributed by atoms with Gasteiger partial charge in [0, 0.05) is 15.7 Å². The first-order valence-electron chi connectivity index (χ1n) is 4.07. The fraction of sp³-hybridized carbons (Fsp3) is 0.273. The molecule has 1 aromatic carbocycles. The van der Waals surface area contributed by atoms with Crippen LogP contribution in [0.5, 0.6) is 0 Å². The van der Waals surface area contributed by atoms with E-state index in [-0.39, 0.29) is 0 Å². The van der Waals surface area contributed by atoms with Gasteiger partial charge < -0.3 is 5.73 Å². The zero-order valence-corrected chi connectivity index (χ0v) is 9.97. The molecule has 0 bridgehead atoms. The van der Waals surface area contributed by atoms with Crippen LogP contribution >= 0.6 is 22.6 Å². The Morgan fingerprint density at radius 1 is 1.46 bits per heavy atom. The van der Waals surface area contributed by atoms with E-state index in [0.717, 1.165) is 16.7 Å². The summed E-state index contributed by atoms with van der Waals surface area (Å²) >= 11 is 2.29. The summed E-state index contributed by atoms with van der Waals surface area (Å²) in [5.74, 6) is 2.72. The van der Waals surface area contributed by atoms with E-state index < -0.39 is 0 Å². The molecule has 68 valence electrons. The molecule has 0 amide bonds. The van der Waals surface area contributed by atoms with Crippen molar-refractivity contribution in [1.29, 1.82) is 0 Å². The number of hydrogen-bond donors (Lipinski definition) is 1. The van der Waals surface area contributed by atoms with Gasteiger partial charge in [0.15, 0.2) is 0 Å². The third-order valence-electron chi connectivity index (χ3n) is 2.26. The third kappa shape index (κ3) is 1.87. The quantitative estimate of drug-likeness (QED) is 0.622. The molecule has 0 fully saturated rings. The minimum absolute atomic E-state index is 0.552. The van der Waals surface area contributed by atoms with Crippen LogP contribution < -0.4 is 5.73 Å². The summed E-state index contributed by atoms with van der Waals surface area (Å²) in [6, 6.07) is 2.10. The van der Waals surface area contributed by atoms with Crippen LogP contribution in [-0.4, -0.2) is 0 Å². The van der Waals surface area contributed by atoms with Gasteiger partial charge in [-0.25, -0.2) is 0 Å². The highest BCUT2D eigenvalue weighted by Gasteiger charge is 2.07. The van der Waals surface area contributed by atoms with Crippen LogP contribution in [0.1, 0.15) is 22.3 Å². The first kappa shape index (κ1) is 10.6. The molecular weight excluding hydrogens is 273 g/mol. The molecule has 0 aliphatic carbocycles. The van der Waals surface area contributed by atoms with Crippen LogP contribution in [0.2, 0.25) is 0 Å². The molecule has 0 aliphatic heterocycles. The summed E-state index contributed by atoms with van der Waals surface area (Å²) in [5.41, 5.74) is 10.1. The van der Waals surface area contributed by atoms with Gasteiger partial charge in [0.1, 0.15) is 0 Å². The molecular formula is C11H12IN. The molecule has 0 spiro atoms. The number of halogens is 1. The Morgan fingerprint density at radius 3 is 2.54 bits per heavy atom. The van der Waals surface area contributed by atoms with Gasteiger partial charge in [0.2, 0.25) is 0 Å². The van der Waals surface area contributed by atoms with E-state index in [1.165, 1.54) is 9.13 Å². The maximum atomic E-state index is 5.62. The summed E-state index contributed by atoms with van der Waals surface area (Å²) in [5, 5.41) is 0. The number of rotatable bonds is 1. The van der Waals surface area contributed by atoms with E-state index in [4.69, 9.17) is 12.2 Å². The largest absolute Gasteiger partial charge is 0.326 e. The first-order chi connectivity index (χ1) is 6.11. The minimum Gasteiger partial charge on any atom is -0.326 e. The van der Waals surface area contributed by atoms with Crippen LogP contribution in [0, 0.1) is 29.8 Å². The smallest absolute Gasteiger partial charge is 0.0314 e. The Hall–Kier alpha value is -0.530. The highest BCUT2D eigenvalue weighted by molar-refractivity contribution is 14.1. The molecule has 2 heteroatoms. The molecule has 0 heterocycles. The monoisotopic (exact) mass is 285 g/mol. The lowest BCUT2D eigenvalue weighted by molar-refractivity contribution is 1.04. The lowest BCUT2D eigenvalue weighted by Gasteiger charge is -2.10. The van der Waals surface area contributed by atoms with Crippen molar-refractivity contribution in [3.05, 3.63) is 31.9 Å². The van der Waals surface area contributed by atoms with Gasteiger partial charge >= 0.3 is 0 Å². The van der Waals surface area contributed by atoms with Crippen molar-refractivity contribution in [2.45, 2.75) is 20.4 Å². The highest BCUT2D eigenvalue weighted by Crippen LogP contribution is 2.22. The summed E-state index contributed by atoms with van der Waals surface area (Å²) in [6.45, 7) is 4.63. The molecule has 1 rings (SSSR count). The molecule has 0 unspecified atom stereocenters. The molecule has 0 saturated carbocycles. The molecule has 0 radical (unpaired) electrons. The summed E-state index contributed by atoms with van der Waals surface area (Å²) < 4.78 is 1.19. The molecule has 1 aromatic rings. The van der Waals surface area contributed by atoms with Gasteiger partial charge in [-0.15, -0.1) is 6.42 Å². The summed E-state index contributed by atoms with van der Waals surface area (Å²) in [6.07, 6.45) is 5.45. The Morgan fingerprint density at radius 2 is 2.08 bits per heavy atom. The van der Waals surface area contributed by atoms with Crippen LogP contribution in [0.25, 0.3) is 0 Å². The number of nitrogens with two attached hydrogens (primary N) is 1. The molecule has 2 N–H and O–H groups in total. The van der Waals surface area contributed by atoms with E-state index in [1.54, 1.807) is 0 Å². The maximum Gasteiger partial charge on any atom is 0.0314 e. The van der Waals surface area contributed by atoms with Gasteiger partial charge in [-0.3, -0.25) is 0 Å². The van der Waals surface area contributed by atoms with Crippen molar-refractivity contribution in [2.75, 3.05) is 0 Å². The van der Waals surface area contributed by atoms with Gasteiger partial charge in [-0.05, 0) is 59.2 Å². The van der Waals surface area contributed by atoms with Gasteiger partial charge in [0.05, 0.1) is 0 Å². The Labute approximate surface area is 92.9 Å². The van der Waals surface area contributed by atoms with Crippen molar-refractivity contribution >= 4 is 22.6 Å². The number of benzene rings is 1. The zero-order valence-electron chi connectivity index (χ0n) is 7.82. The number of hydrogen-bond acceptors (Lipinski definition) is 1. The Bertz CT molecular complexity index is 375. The molecule has 1 nitrogen and oxygen atoms in total. The fourth-order valence-corrected chi connectivity index (χ4v) is 2.00. The van der Waals surface area contributed by atoms with E-state index >= 15 is 0 Å². The molecule has 0 atom stereocenters. The average molecular weight is 285 g/mol. The first-order valence-corrected chi connectivity index (χ1v) is 5.15. The lowest BCUT2D eigenvalue weighted by atomic mass is 9.98. The van der Waals surface area contributed by atoms with Crippen molar-refractivity contribution in [3.63, 3.8) is 0 Å². The summed E-state index contributed by atoms with van der Waals surface area (Å²) in [4.78, 5) is 0. The van der Waals surface area contributed by atoms with Crippen molar-refractivity contribution in [3.8, 4) is 12.3 Å². The average Bonchev–Trinajstić information content (AvgIpc) is 2.12. The predicted octanol–water partition coefficient (Wildman–Crippen LogP) is 2.35. The topological polar surface area (TPSA) is 26.0 Å². The lowest BCUT2D eigenvalue weighted by Crippen LogP contribution is -2.03. The van der Waals surface area contributed by atoms with Crippen LogP contribution in [0.3, 0.4) is 0 Å². The SMILES string of the molecule is C#Cc1c(C)c(I)cc(CN)c1C. The highest BCUT2D eigenvalue weighted by atomic mass is 127.